The maximum atomic E-state index is 11.9. The van der Waals surface area contributed by atoms with Crippen LogP contribution in [0.3, 0.4) is 0 Å². The molecule has 0 aliphatic heterocycles. The molecule has 23 heavy (non-hydrogen) atoms. The van der Waals surface area contributed by atoms with Crippen LogP contribution in [-0.2, 0) is 16.6 Å². The summed E-state index contributed by atoms with van der Waals surface area (Å²) in [6, 6.07) is 7.33. The average Bonchev–Trinajstić information content (AvgIpc) is 3.01. The minimum atomic E-state index is -3.42. The maximum absolute atomic E-state index is 11.9. The molecule has 2 rings (SSSR count). The predicted octanol–water partition coefficient (Wildman–Crippen LogP) is 2.22. The van der Waals surface area contributed by atoms with Gasteiger partial charge in [0.1, 0.15) is 5.82 Å². The van der Waals surface area contributed by atoms with E-state index in [-0.39, 0.29) is 10.9 Å². The quantitative estimate of drug-likeness (QED) is 0.813. The van der Waals surface area contributed by atoms with E-state index in [0.29, 0.717) is 12.6 Å². The van der Waals surface area contributed by atoms with E-state index in [1.807, 2.05) is 19.2 Å². The molecule has 1 atom stereocenters. The molecule has 1 heterocycles. The highest BCUT2D eigenvalue weighted by Gasteiger charge is 2.14. The summed E-state index contributed by atoms with van der Waals surface area (Å²) >= 11 is 0. The summed E-state index contributed by atoms with van der Waals surface area (Å²) in [4.78, 5) is 4.64. The summed E-state index contributed by atoms with van der Waals surface area (Å²) in [5.41, 5.74) is 0.920. The third kappa shape index (κ3) is 4.19. The Morgan fingerprint density at radius 1 is 1.26 bits per heavy atom. The largest absolute Gasteiger partial charge is 0.331 e. The first-order valence-electron chi connectivity index (χ1n) is 7.63. The Hall–Kier alpha value is -1.70. The molecule has 0 aliphatic rings. The first-order chi connectivity index (χ1) is 10.8. The number of sulfonamides is 1. The number of nitrogens with zero attached hydrogens (tertiary/aromatic N) is 2. The normalized spacial score (nSPS) is 13.4. The number of hydrogen-bond donors (Lipinski definition) is 2. The summed E-state index contributed by atoms with van der Waals surface area (Å²) in [5, 5.41) is 3.39. The SMILES string of the molecule is CNS(=O)(=O)c1cccc(C(C)NCc2nccn2C(C)C)c1. The van der Waals surface area contributed by atoms with Crippen LogP contribution in [0.5, 0.6) is 0 Å². The molecule has 0 radical (unpaired) electrons. The van der Waals surface area contributed by atoms with Crippen LogP contribution in [0.15, 0.2) is 41.6 Å². The van der Waals surface area contributed by atoms with Crippen molar-refractivity contribution in [2.75, 3.05) is 7.05 Å². The molecule has 0 spiro atoms. The lowest BCUT2D eigenvalue weighted by Crippen LogP contribution is -2.22. The molecule has 0 bridgehead atoms. The van der Waals surface area contributed by atoms with Crippen LogP contribution in [-0.4, -0.2) is 25.0 Å². The summed E-state index contributed by atoms with van der Waals surface area (Å²) in [7, 11) is -2.01. The van der Waals surface area contributed by atoms with Crippen LogP contribution >= 0.6 is 0 Å². The molecule has 1 aromatic heterocycles. The van der Waals surface area contributed by atoms with Crippen LogP contribution < -0.4 is 10.0 Å². The van der Waals surface area contributed by atoms with Crippen molar-refractivity contribution in [1.82, 2.24) is 19.6 Å². The second kappa shape index (κ2) is 7.25. The lowest BCUT2D eigenvalue weighted by molar-refractivity contribution is 0.508. The predicted molar refractivity (Wildman–Crippen MR) is 90.6 cm³/mol. The van der Waals surface area contributed by atoms with Gasteiger partial charge in [0, 0.05) is 24.5 Å². The summed E-state index contributed by atoms with van der Waals surface area (Å²) < 4.78 is 28.2. The summed E-state index contributed by atoms with van der Waals surface area (Å²) in [6.07, 6.45) is 3.76. The van der Waals surface area contributed by atoms with Gasteiger partial charge < -0.3 is 9.88 Å². The number of aromatic nitrogens is 2. The molecule has 0 saturated carbocycles. The van der Waals surface area contributed by atoms with E-state index < -0.39 is 10.0 Å². The smallest absolute Gasteiger partial charge is 0.240 e. The molecule has 2 N–H and O–H groups in total. The lowest BCUT2D eigenvalue weighted by Gasteiger charge is -2.17. The molecule has 126 valence electrons. The van der Waals surface area contributed by atoms with Gasteiger partial charge in [-0.15, -0.1) is 0 Å². The molecule has 0 amide bonds. The van der Waals surface area contributed by atoms with Gasteiger partial charge in [-0.1, -0.05) is 12.1 Å². The van der Waals surface area contributed by atoms with Crippen molar-refractivity contribution in [3.63, 3.8) is 0 Å². The first kappa shape index (κ1) is 17.7. The fourth-order valence-corrected chi connectivity index (χ4v) is 3.17. The van der Waals surface area contributed by atoms with Crippen LogP contribution in [0, 0.1) is 0 Å². The van der Waals surface area contributed by atoms with Crippen LogP contribution in [0.2, 0.25) is 0 Å². The molecule has 1 aromatic carbocycles. The standard InChI is InChI=1S/C16H24N4O2S/c1-12(2)20-9-8-18-16(20)11-19-13(3)14-6-5-7-15(10-14)23(21,22)17-4/h5-10,12-13,17,19H,11H2,1-4H3. The van der Waals surface area contributed by atoms with E-state index in [4.69, 9.17) is 0 Å². The van der Waals surface area contributed by atoms with E-state index in [0.717, 1.165) is 11.4 Å². The third-order valence-electron chi connectivity index (χ3n) is 3.81. The Kier molecular flexibility index (Phi) is 5.56. The highest BCUT2D eigenvalue weighted by atomic mass is 32.2. The molecule has 0 fully saturated rings. The van der Waals surface area contributed by atoms with Gasteiger partial charge in [-0.05, 0) is 45.5 Å². The Morgan fingerprint density at radius 3 is 2.65 bits per heavy atom. The zero-order valence-electron chi connectivity index (χ0n) is 13.9. The second-order valence-corrected chi connectivity index (χ2v) is 7.61. The van der Waals surface area contributed by atoms with E-state index in [2.05, 4.69) is 33.4 Å². The van der Waals surface area contributed by atoms with Crippen molar-refractivity contribution in [2.24, 2.45) is 0 Å². The second-order valence-electron chi connectivity index (χ2n) is 5.73. The Labute approximate surface area is 138 Å². The monoisotopic (exact) mass is 336 g/mol. The number of rotatable bonds is 7. The van der Waals surface area contributed by atoms with E-state index in [9.17, 15) is 8.42 Å². The maximum Gasteiger partial charge on any atom is 0.240 e. The number of imidazole rings is 1. The molecular weight excluding hydrogens is 312 g/mol. The van der Waals surface area contributed by atoms with Gasteiger partial charge in [0.2, 0.25) is 10.0 Å². The minimum absolute atomic E-state index is 0.0133. The van der Waals surface area contributed by atoms with Crippen molar-refractivity contribution < 1.29 is 8.42 Å². The topological polar surface area (TPSA) is 76.0 Å². The van der Waals surface area contributed by atoms with Crippen molar-refractivity contribution in [3.05, 3.63) is 48.0 Å². The zero-order chi connectivity index (χ0) is 17.0. The van der Waals surface area contributed by atoms with Crippen LogP contribution in [0.1, 0.15) is 44.2 Å². The first-order valence-corrected chi connectivity index (χ1v) is 9.12. The molecule has 7 heteroatoms. The minimum Gasteiger partial charge on any atom is -0.331 e. The van der Waals surface area contributed by atoms with Crippen LogP contribution in [0.25, 0.3) is 0 Å². The van der Waals surface area contributed by atoms with Gasteiger partial charge in [0.25, 0.3) is 0 Å². The van der Waals surface area contributed by atoms with Crippen LogP contribution in [0.4, 0.5) is 0 Å². The van der Waals surface area contributed by atoms with Crippen molar-refractivity contribution in [3.8, 4) is 0 Å². The molecule has 0 saturated heterocycles. The van der Waals surface area contributed by atoms with E-state index in [1.165, 1.54) is 7.05 Å². The number of hydrogen-bond acceptors (Lipinski definition) is 4. The number of benzene rings is 1. The van der Waals surface area contributed by atoms with Gasteiger partial charge in [0.05, 0.1) is 11.4 Å². The van der Waals surface area contributed by atoms with Gasteiger partial charge in [-0.2, -0.15) is 0 Å². The Bertz CT molecular complexity index is 753. The fourth-order valence-electron chi connectivity index (χ4n) is 2.38. The van der Waals surface area contributed by atoms with Crippen molar-refractivity contribution in [1.29, 1.82) is 0 Å². The fraction of sp³-hybridized carbons (Fsp3) is 0.438. The van der Waals surface area contributed by atoms with Crippen molar-refractivity contribution in [2.45, 2.75) is 44.3 Å². The summed E-state index contributed by atoms with van der Waals surface area (Å²) in [5.74, 6) is 0.964. The van der Waals surface area contributed by atoms with Gasteiger partial charge >= 0.3 is 0 Å². The highest BCUT2D eigenvalue weighted by molar-refractivity contribution is 7.89. The molecule has 2 aromatic rings. The van der Waals surface area contributed by atoms with Gasteiger partial charge in [-0.3, -0.25) is 0 Å². The molecular formula is C16H24N4O2S. The van der Waals surface area contributed by atoms with Crippen molar-refractivity contribution >= 4 is 10.0 Å². The highest BCUT2D eigenvalue weighted by Crippen LogP contribution is 2.18. The molecule has 6 nitrogen and oxygen atoms in total. The Balaban J connectivity index is 2.11. The third-order valence-corrected chi connectivity index (χ3v) is 5.22. The summed E-state index contributed by atoms with van der Waals surface area (Å²) in [6.45, 7) is 6.85. The van der Waals surface area contributed by atoms with E-state index in [1.54, 1.807) is 24.4 Å². The van der Waals surface area contributed by atoms with Gasteiger partial charge in [0.15, 0.2) is 0 Å². The average molecular weight is 336 g/mol. The number of nitrogens with one attached hydrogen (secondary N) is 2. The van der Waals surface area contributed by atoms with E-state index >= 15 is 0 Å². The lowest BCUT2D eigenvalue weighted by atomic mass is 10.1. The molecule has 0 aliphatic carbocycles. The Morgan fingerprint density at radius 2 is 2.00 bits per heavy atom. The molecule has 1 unspecified atom stereocenters. The zero-order valence-corrected chi connectivity index (χ0v) is 14.8. The van der Waals surface area contributed by atoms with Gasteiger partial charge in [-0.25, -0.2) is 18.1 Å².